The maximum Gasteiger partial charge on any atom is 0.301 e. The van der Waals surface area contributed by atoms with E-state index in [9.17, 15) is 32.7 Å². The number of rotatable bonds is 13. The number of benzene rings is 1. The number of piperidine rings is 2. The van der Waals surface area contributed by atoms with Crippen molar-refractivity contribution in [1.82, 2.24) is 39.4 Å². The highest BCUT2D eigenvalue weighted by Crippen LogP contribution is 2.33. The largest absolute Gasteiger partial charge is 0.389 e. The number of nitrogens with zero attached hydrogens (tertiary/aromatic N) is 8. The number of carbonyl (C=O) groups is 4. The Morgan fingerprint density at radius 1 is 0.923 bits per heavy atom. The molecule has 0 spiro atoms. The molecule has 342 valence electrons. The lowest BCUT2D eigenvalue weighted by atomic mass is 9.87. The number of anilines is 4. The van der Waals surface area contributed by atoms with Crippen LogP contribution in [0, 0.1) is 17.5 Å². The fraction of sp³-hybridized carbons (Fsp3) is 0.381. The van der Waals surface area contributed by atoms with Gasteiger partial charge in [0.2, 0.25) is 29.5 Å². The Kier molecular flexibility index (Phi) is 12.5. The van der Waals surface area contributed by atoms with Crippen molar-refractivity contribution in [3.8, 4) is 11.1 Å². The molecule has 3 aliphatic rings. The maximum absolute atomic E-state index is 15.6. The standard InChI is InChI=1S/C42H45F3N12O7S/c1-3-54(2)65(63,64)53-31-5-4-29(43)35(36(31)45)37(60)28-23-47-38-27(28)16-24(19-46-38)25-20-49-41(50-21-25)57-14-12-55(13-15-57)34(59)18-42(62)8-10-56(11-9-42)39-30(44)17-26(22-48-39)51-32-6-7-33(58)52-40(32)61/h4-5,16-17,19-23,32,51,53,62H,3,6-15,18H2,1-2H3,(H,46,47)(H,52,58,61). The molecule has 3 aliphatic heterocycles. The smallest absolute Gasteiger partial charge is 0.301 e. The normalized spacial score (nSPS) is 18.0. The lowest BCUT2D eigenvalue weighted by Gasteiger charge is -2.40. The van der Waals surface area contributed by atoms with Gasteiger partial charge in [-0.15, -0.1) is 0 Å². The molecule has 8 rings (SSSR count). The molecule has 5 N–H and O–H groups in total. The maximum atomic E-state index is 15.6. The molecule has 0 bridgehead atoms. The van der Waals surface area contributed by atoms with Crippen LogP contribution in [-0.4, -0.2) is 136 Å². The van der Waals surface area contributed by atoms with Gasteiger partial charge in [-0.3, -0.25) is 29.2 Å². The van der Waals surface area contributed by atoms with Crippen LogP contribution in [0.5, 0.6) is 0 Å². The van der Waals surface area contributed by atoms with E-state index in [1.165, 1.54) is 31.7 Å². The highest BCUT2D eigenvalue weighted by Gasteiger charge is 2.38. The van der Waals surface area contributed by atoms with Crippen LogP contribution in [0.3, 0.4) is 0 Å². The number of piperazine rings is 1. The third kappa shape index (κ3) is 9.42. The summed E-state index contributed by atoms with van der Waals surface area (Å²) in [6.45, 7) is 3.75. The number of aliphatic hydroxyl groups is 1. The molecule has 3 saturated heterocycles. The molecular weight excluding hydrogens is 874 g/mol. The Morgan fingerprint density at radius 2 is 1.63 bits per heavy atom. The second-order valence-corrected chi connectivity index (χ2v) is 17.9. The summed E-state index contributed by atoms with van der Waals surface area (Å²) in [6, 6.07) is 3.87. The van der Waals surface area contributed by atoms with Gasteiger partial charge in [-0.05, 0) is 37.5 Å². The number of hydrogen-bond acceptors (Lipinski definition) is 14. The van der Waals surface area contributed by atoms with E-state index in [0.717, 1.165) is 16.4 Å². The first-order chi connectivity index (χ1) is 31.0. The van der Waals surface area contributed by atoms with Gasteiger partial charge in [-0.2, -0.15) is 12.7 Å². The van der Waals surface area contributed by atoms with E-state index in [-0.39, 0.29) is 86.0 Å². The minimum Gasteiger partial charge on any atom is -0.389 e. The molecule has 19 nitrogen and oxygen atoms in total. The predicted octanol–water partition coefficient (Wildman–Crippen LogP) is 2.96. The second kappa shape index (κ2) is 18.0. The van der Waals surface area contributed by atoms with Gasteiger partial charge in [0.25, 0.3) is 0 Å². The number of imide groups is 1. The fourth-order valence-corrected chi connectivity index (χ4v) is 8.91. The van der Waals surface area contributed by atoms with Crippen LogP contribution < -0.4 is 25.2 Å². The number of ketones is 1. The van der Waals surface area contributed by atoms with E-state index < -0.39 is 62.2 Å². The minimum absolute atomic E-state index is 0.0821. The van der Waals surface area contributed by atoms with Crippen molar-refractivity contribution in [1.29, 1.82) is 0 Å². The van der Waals surface area contributed by atoms with Gasteiger partial charge in [0.15, 0.2) is 17.5 Å². The lowest BCUT2D eigenvalue weighted by molar-refractivity contribution is -0.138. The van der Waals surface area contributed by atoms with Crippen molar-refractivity contribution in [3.05, 3.63) is 83.8 Å². The first-order valence-electron chi connectivity index (χ1n) is 20.8. The van der Waals surface area contributed by atoms with Crippen LogP contribution in [0.4, 0.5) is 36.3 Å². The molecule has 1 atom stereocenters. The van der Waals surface area contributed by atoms with Crippen LogP contribution in [0.2, 0.25) is 0 Å². The summed E-state index contributed by atoms with van der Waals surface area (Å²) >= 11 is 0. The third-order valence-electron chi connectivity index (χ3n) is 12.0. The van der Waals surface area contributed by atoms with E-state index in [4.69, 9.17) is 0 Å². The van der Waals surface area contributed by atoms with Crippen LogP contribution in [0.25, 0.3) is 22.2 Å². The van der Waals surface area contributed by atoms with Crippen LogP contribution in [0.15, 0.2) is 55.2 Å². The van der Waals surface area contributed by atoms with Crippen LogP contribution >= 0.6 is 0 Å². The molecule has 5 aromatic rings. The van der Waals surface area contributed by atoms with Crippen LogP contribution in [-0.2, 0) is 24.6 Å². The van der Waals surface area contributed by atoms with Crippen molar-refractivity contribution in [3.63, 3.8) is 0 Å². The molecule has 0 radical (unpaired) electrons. The van der Waals surface area contributed by atoms with Crippen molar-refractivity contribution in [2.75, 3.05) is 72.7 Å². The topological polar surface area (TPSA) is 239 Å². The van der Waals surface area contributed by atoms with Crippen molar-refractivity contribution in [2.24, 2.45) is 0 Å². The van der Waals surface area contributed by atoms with Gasteiger partial charge in [0.05, 0.1) is 35.2 Å². The zero-order valence-corrected chi connectivity index (χ0v) is 36.1. The van der Waals surface area contributed by atoms with Gasteiger partial charge in [-0.1, -0.05) is 6.92 Å². The quantitative estimate of drug-likeness (QED) is 0.0844. The first-order valence-corrected chi connectivity index (χ1v) is 22.3. The Morgan fingerprint density at radius 3 is 2.31 bits per heavy atom. The van der Waals surface area contributed by atoms with Crippen molar-refractivity contribution < 1.29 is 45.9 Å². The molecule has 4 aromatic heterocycles. The van der Waals surface area contributed by atoms with Gasteiger partial charge in [0.1, 0.15) is 17.5 Å². The summed E-state index contributed by atoms with van der Waals surface area (Å²) in [5.41, 5.74) is -1.33. The van der Waals surface area contributed by atoms with Crippen molar-refractivity contribution in [2.45, 2.75) is 50.7 Å². The van der Waals surface area contributed by atoms with Gasteiger partial charge in [-0.25, -0.2) is 33.1 Å². The van der Waals surface area contributed by atoms with E-state index in [2.05, 4.69) is 40.3 Å². The highest BCUT2D eigenvalue weighted by atomic mass is 32.2. The summed E-state index contributed by atoms with van der Waals surface area (Å²) in [7, 11) is -2.89. The molecule has 23 heteroatoms. The monoisotopic (exact) mass is 918 g/mol. The Labute approximate surface area is 370 Å². The molecule has 1 unspecified atom stereocenters. The number of fused-ring (bicyclic) bond motifs is 1. The molecule has 3 fully saturated rings. The zero-order valence-electron chi connectivity index (χ0n) is 35.3. The number of hydrogen-bond donors (Lipinski definition) is 5. The second-order valence-electron chi connectivity index (χ2n) is 16.2. The molecule has 3 amide bonds. The average Bonchev–Trinajstić information content (AvgIpc) is 3.72. The number of carbonyl (C=O) groups excluding carboxylic acids is 4. The van der Waals surface area contributed by atoms with Gasteiger partial charge >= 0.3 is 10.2 Å². The number of amides is 3. The Balaban J connectivity index is 0.851. The summed E-state index contributed by atoms with van der Waals surface area (Å²) in [5.74, 6) is -4.73. The zero-order chi connectivity index (χ0) is 46.2. The van der Waals surface area contributed by atoms with E-state index in [0.29, 0.717) is 48.9 Å². The molecule has 0 aliphatic carbocycles. The van der Waals surface area contributed by atoms with Gasteiger partial charge in [0, 0.05) is 112 Å². The summed E-state index contributed by atoms with van der Waals surface area (Å²) in [4.78, 5) is 76.4. The summed E-state index contributed by atoms with van der Waals surface area (Å²) < 4.78 is 73.9. The Bertz CT molecular complexity index is 2780. The molecule has 0 saturated carbocycles. The number of aromatic amines is 1. The predicted molar refractivity (Wildman–Crippen MR) is 232 cm³/mol. The summed E-state index contributed by atoms with van der Waals surface area (Å²) in [5, 5.41) is 16.8. The first kappa shape index (κ1) is 44.9. The molecular formula is C42H45F3N12O7S. The fourth-order valence-electron chi connectivity index (χ4n) is 7.98. The number of pyridine rings is 2. The van der Waals surface area contributed by atoms with Crippen molar-refractivity contribution >= 4 is 67.9 Å². The lowest BCUT2D eigenvalue weighted by Crippen LogP contribution is -2.52. The van der Waals surface area contributed by atoms with E-state index >= 15 is 13.2 Å². The van der Waals surface area contributed by atoms with Crippen LogP contribution in [0.1, 0.15) is 54.9 Å². The minimum atomic E-state index is -4.17. The SMILES string of the molecule is CCN(C)S(=O)(=O)Nc1ccc(F)c(C(=O)c2c[nH]c3ncc(-c4cnc(N5CCN(C(=O)CC6(O)CCN(c7ncc(NC8CCC(=O)NC8=O)cc7F)CC6)CC5)nc4)cc23)c1F. The van der Waals surface area contributed by atoms with Gasteiger partial charge < -0.3 is 30.1 Å². The molecule has 7 heterocycles. The number of halogens is 3. The Hall–Kier alpha value is -6.72. The average molecular weight is 919 g/mol. The van der Waals surface area contributed by atoms with E-state index in [1.54, 1.807) is 35.2 Å². The number of H-pyrrole nitrogens is 1. The number of nitrogens with one attached hydrogen (secondary N) is 4. The van der Waals surface area contributed by atoms with E-state index in [1.807, 2.05) is 4.90 Å². The molecule has 65 heavy (non-hydrogen) atoms. The molecule has 1 aromatic carbocycles. The summed E-state index contributed by atoms with van der Waals surface area (Å²) in [6.07, 6.45) is 8.13. The highest BCUT2D eigenvalue weighted by molar-refractivity contribution is 7.90. The number of aromatic nitrogens is 5. The third-order valence-corrected chi connectivity index (χ3v) is 13.5.